The van der Waals surface area contributed by atoms with E-state index in [2.05, 4.69) is 0 Å². The van der Waals surface area contributed by atoms with Crippen LogP contribution in [-0.4, -0.2) is 54.9 Å². The number of alkyl halides is 3. The zero-order valence-electron chi connectivity index (χ0n) is 13.0. The molecule has 0 atom stereocenters. The van der Waals surface area contributed by atoms with Crippen LogP contribution < -0.4 is 4.90 Å². The van der Waals surface area contributed by atoms with E-state index in [-0.39, 0.29) is 44.0 Å². The van der Waals surface area contributed by atoms with Crippen molar-refractivity contribution in [3.05, 3.63) is 29.3 Å². The number of hydrogen-bond donors (Lipinski definition) is 1. The van der Waals surface area contributed by atoms with Gasteiger partial charge in [-0.1, -0.05) is 0 Å². The van der Waals surface area contributed by atoms with Crippen LogP contribution in [0.25, 0.3) is 0 Å². The second-order valence-electron chi connectivity index (χ2n) is 5.21. The monoisotopic (exact) mass is 346 g/mol. The van der Waals surface area contributed by atoms with E-state index in [1.165, 1.54) is 17.0 Å². The van der Waals surface area contributed by atoms with Gasteiger partial charge < -0.3 is 19.6 Å². The van der Waals surface area contributed by atoms with Gasteiger partial charge in [0.2, 0.25) is 0 Å². The molecule has 0 spiro atoms. The van der Waals surface area contributed by atoms with Gasteiger partial charge in [0, 0.05) is 31.9 Å². The smallest absolute Gasteiger partial charge is 0.418 e. The van der Waals surface area contributed by atoms with Gasteiger partial charge in [-0.25, -0.2) is 9.59 Å². The van der Waals surface area contributed by atoms with Crippen molar-refractivity contribution in [2.24, 2.45) is 0 Å². The number of benzene rings is 1. The number of ether oxygens (including phenoxy) is 1. The van der Waals surface area contributed by atoms with Gasteiger partial charge in [0.15, 0.2) is 0 Å². The Morgan fingerprint density at radius 2 is 1.83 bits per heavy atom. The predicted molar refractivity (Wildman–Crippen MR) is 79.2 cm³/mol. The van der Waals surface area contributed by atoms with Crippen molar-refractivity contribution in [1.29, 1.82) is 0 Å². The summed E-state index contributed by atoms with van der Waals surface area (Å²) in [6, 6.07) is 3.29. The first-order chi connectivity index (χ1) is 11.2. The van der Waals surface area contributed by atoms with E-state index in [4.69, 9.17) is 9.84 Å². The van der Waals surface area contributed by atoms with Crippen LogP contribution in [0.4, 0.5) is 23.7 Å². The van der Waals surface area contributed by atoms with E-state index < -0.39 is 23.8 Å². The van der Waals surface area contributed by atoms with Gasteiger partial charge in [0.1, 0.15) is 0 Å². The van der Waals surface area contributed by atoms with Crippen LogP contribution in [-0.2, 0) is 10.9 Å². The summed E-state index contributed by atoms with van der Waals surface area (Å²) >= 11 is 0. The summed E-state index contributed by atoms with van der Waals surface area (Å²) in [5, 5.41) is 8.90. The molecule has 1 aromatic rings. The molecule has 0 aliphatic carbocycles. The Morgan fingerprint density at radius 1 is 1.21 bits per heavy atom. The molecule has 0 saturated carbocycles. The fourth-order valence-electron chi connectivity index (χ4n) is 2.52. The van der Waals surface area contributed by atoms with Crippen LogP contribution in [0.1, 0.15) is 22.8 Å². The van der Waals surface area contributed by atoms with Crippen LogP contribution in [0.3, 0.4) is 0 Å². The molecule has 0 bridgehead atoms. The van der Waals surface area contributed by atoms with Gasteiger partial charge in [-0.2, -0.15) is 13.2 Å². The van der Waals surface area contributed by atoms with Gasteiger partial charge in [-0.05, 0) is 25.1 Å². The number of esters is 1. The summed E-state index contributed by atoms with van der Waals surface area (Å²) in [5.41, 5.74) is -1.17. The van der Waals surface area contributed by atoms with Gasteiger partial charge in [0.05, 0.1) is 17.7 Å². The number of nitrogens with zero attached hydrogens (tertiary/aromatic N) is 2. The summed E-state index contributed by atoms with van der Waals surface area (Å²) in [6.45, 7) is 2.17. The van der Waals surface area contributed by atoms with Crippen LogP contribution in [0, 0.1) is 0 Å². The predicted octanol–water partition coefficient (Wildman–Crippen LogP) is 2.68. The molecular weight excluding hydrogens is 329 g/mol. The van der Waals surface area contributed by atoms with Crippen LogP contribution in [0.5, 0.6) is 0 Å². The molecule has 24 heavy (non-hydrogen) atoms. The number of carboxylic acid groups (broad SMARTS) is 1. The number of halogens is 3. The molecule has 1 heterocycles. The molecule has 6 nitrogen and oxygen atoms in total. The second-order valence-corrected chi connectivity index (χ2v) is 5.21. The van der Waals surface area contributed by atoms with E-state index in [1.54, 1.807) is 6.92 Å². The highest BCUT2D eigenvalue weighted by atomic mass is 19.4. The van der Waals surface area contributed by atoms with E-state index in [1.807, 2.05) is 0 Å². The van der Waals surface area contributed by atoms with Crippen molar-refractivity contribution in [3.63, 3.8) is 0 Å². The van der Waals surface area contributed by atoms with E-state index in [0.717, 1.165) is 11.0 Å². The molecular formula is C15H17F3N2O4. The molecule has 1 aliphatic heterocycles. The third kappa shape index (κ3) is 3.90. The average Bonchev–Trinajstić information content (AvgIpc) is 2.54. The molecule has 1 N–H and O–H groups in total. The Balaban J connectivity index is 2.30. The molecule has 1 saturated heterocycles. The third-order valence-corrected chi connectivity index (χ3v) is 3.70. The number of carbonyl (C=O) groups excluding carboxylic acids is 1. The zero-order valence-corrected chi connectivity index (χ0v) is 13.0. The van der Waals surface area contributed by atoms with Crippen LogP contribution >= 0.6 is 0 Å². The number of hydrogen-bond acceptors (Lipinski definition) is 4. The number of amides is 1. The first-order valence-corrected chi connectivity index (χ1v) is 7.35. The number of rotatable bonds is 3. The zero-order chi connectivity index (χ0) is 17.9. The third-order valence-electron chi connectivity index (χ3n) is 3.70. The molecule has 132 valence electrons. The summed E-state index contributed by atoms with van der Waals surface area (Å²) < 4.78 is 44.8. The quantitative estimate of drug-likeness (QED) is 0.852. The summed E-state index contributed by atoms with van der Waals surface area (Å²) in [7, 11) is 0. The molecule has 2 rings (SSSR count). The molecule has 1 aromatic carbocycles. The SMILES string of the molecule is CCOC(=O)c1ccc(N2CCN(C(=O)O)CC2)c(C(F)(F)F)c1. The van der Waals surface area contributed by atoms with Gasteiger partial charge in [-0.15, -0.1) is 0 Å². The maximum absolute atomic E-state index is 13.4. The molecule has 0 radical (unpaired) electrons. The first-order valence-electron chi connectivity index (χ1n) is 7.35. The topological polar surface area (TPSA) is 70.1 Å². The normalized spacial score (nSPS) is 15.3. The fraction of sp³-hybridized carbons (Fsp3) is 0.467. The standard InChI is InChI=1S/C15H17F3N2O4/c1-2-24-13(21)10-3-4-12(11(9-10)15(16,17)18)19-5-7-20(8-6-19)14(22)23/h3-4,9H,2,5-8H2,1H3,(H,22,23). The molecule has 1 aliphatic rings. The van der Waals surface area contributed by atoms with Crippen molar-refractivity contribution >= 4 is 17.7 Å². The number of carbonyl (C=O) groups is 2. The fourth-order valence-corrected chi connectivity index (χ4v) is 2.52. The summed E-state index contributed by atoms with van der Waals surface area (Å²) in [4.78, 5) is 25.2. The Hall–Kier alpha value is -2.45. The van der Waals surface area contributed by atoms with Crippen LogP contribution in [0.15, 0.2) is 18.2 Å². The van der Waals surface area contributed by atoms with Gasteiger partial charge in [0.25, 0.3) is 0 Å². The Labute approximate surface area is 136 Å². The molecule has 1 amide bonds. The molecule has 0 aromatic heterocycles. The summed E-state index contributed by atoms with van der Waals surface area (Å²) in [5.74, 6) is -0.815. The Morgan fingerprint density at radius 3 is 2.33 bits per heavy atom. The van der Waals surface area contributed by atoms with Crippen molar-refractivity contribution in [1.82, 2.24) is 4.90 Å². The lowest BCUT2D eigenvalue weighted by atomic mass is 10.1. The first kappa shape index (κ1) is 17.9. The molecule has 9 heteroatoms. The highest BCUT2D eigenvalue weighted by Crippen LogP contribution is 2.37. The van der Waals surface area contributed by atoms with Gasteiger partial charge >= 0.3 is 18.2 Å². The second kappa shape index (κ2) is 6.98. The minimum Gasteiger partial charge on any atom is -0.465 e. The van der Waals surface area contributed by atoms with Crippen molar-refractivity contribution in [3.8, 4) is 0 Å². The van der Waals surface area contributed by atoms with Crippen molar-refractivity contribution in [2.75, 3.05) is 37.7 Å². The lowest BCUT2D eigenvalue weighted by Gasteiger charge is -2.35. The maximum Gasteiger partial charge on any atom is 0.418 e. The minimum atomic E-state index is -4.64. The van der Waals surface area contributed by atoms with E-state index in [0.29, 0.717) is 0 Å². The average molecular weight is 346 g/mol. The summed E-state index contributed by atoms with van der Waals surface area (Å²) in [6.07, 6.45) is -5.73. The van der Waals surface area contributed by atoms with Crippen molar-refractivity contribution in [2.45, 2.75) is 13.1 Å². The maximum atomic E-state index is 13.4. The lowest BCUT2D eigenvalue weighted by molar-refractivity contribution is -0.137. The molecule has 0 unspecified atom stereocenters. The Kier molecular flexibility index (Phi) is 5.20. The van der Waals surface area contributed by atoms with Crippen LogP contribution in [0.2, 0.25) is 0 Å². The minimum absolute atomic E-state index is 0.0685. The number of anilines is 1. The highest BCUT2D eigenvalue weighted by molar-refractivity contribution is 5.90. The van der Waals surface area contributed by atoms with E-state index >= 15 is 0 Å². The Bertz CT molecular complexity index is 626. The number of piperazine rings is 1. The van der Waals surface area contributed by atoms with Crippen molar-refractivity contribution < 1.29 is 32.6 Å². The van der Waals surface area contributed by atoms with E-state index in [9.17, 15) is 22.8 Å². The highest BCUT2D eigenvalue weighted by Gasteiger charge is 2.36. The van der Waals surface area contributed by atoms with Gasteiger partial charge in [-0.3, -0.25) is 0 Å². The lowest BCUT2D eigenvalue weighted by Crippen LogP contribution is -2.48. The molecule has 1 fully saturated rings. The largest absolute Gasteiger partial charge is 0.465 e.